The lowest BCUT2D eigenvalue weighted by atomic mass is 10.0. The third-order valence-corrected chi connectivity index (χ3v) is 4.82. The number of nitrogens with one attached hydrogen (secondary N) is 1. The molecule has 0 radical (unpaired) electrons. The highest BCUT2D eigenvalue weighted by atomic mass is 32.1. The Hall–Kier alpha value is -2.21. The predicted octanol–water partition coefficient (Wildman–Crippen LogP) is 2.52. The molecule has 1 heterocycles. The van der Waals surface area contributed by atoms with Gasteiger partial charge in [-0.25, -0.2) is 4.98 Å². The summed E-state index contributed by atoms with van der Waals surface area (Å²) < 4.78 is 0. The molecule has 0 aliphatic rings. The first kappa shape index (κ1) is 16.2. The number of nitrogens with zero attached hydrogens (tertiary/aromatic N) is 1. The van der Waals surface area contributed by atoms with Crippen molar-refractivity contribution in [2.24, 2.45) is 5.73 Å². The Morgan fingerprint density at radius 1 is 1.14 bits per heavy atom. The van der Waals surface area contributed by atoms with Crippen LogP contribution in [0.2, 0.25) is 0 Å². The van der Waals surface area contributed by atoms with Gasteiger partial charge in [0.2, 0.25) is 5.91 Å². The van der Waals surface area contributed by atoms with Crippen molar-refractivity contribution in [1.82, 2.24) is 10.3 Å². The number of aromatic nitrogens is 1. The lowest BCUT2D eigenvalue weighted by Gasteiger charge is -2.24. The fourth-order valence-electron chi connectivity index (χ4n) is 1.94. The normalized spacial score (nSPS) is 11.3. The van der Waals surface area contributed by atoms with E-state index in [1.807, 2.05) is 27.7 Å². The lowest BCUT2D eigenvalue weighted by molar-refractivity contribution is 0.0910. The second kappa shape index (κ2) is 5.88. The maximum absolute atomic E-state index is 12.4. The Morgan fingerprint density at radius 3 is 2.14 bits per heavy atom. The van der Waals surface area contributed by atoms with Gasteiger partial charge in [-0.15, -0.1) is 11.3 Å². The smallest absolute Gasteiger partial charge is 0.252 e. The van der Waals surface area contributed by atoms with E-state index >= 15 is 0 Å². The summed E-state index contributed by atoms with van der Waals surface area (Å²) in [4.78, 5) is 29.1. The molecule has 0 bridgehead atoms. The fourth-order valence-corrected chi connectivity index (χ4v) is 2.91. The molecule has 0 spiro atoms. The van der Waals surface area contributed by atoms with Gasteiger partial charge in [0.05, 0.1) is 11.2 Å². The summed E-state index contributed by atoms with van der Waals surface area (Å²) in [6.07, 6.45) is 0. The zero-order valence-corrected chi connectivity index (χ0v) is 13.9. The van der Waals surface area contributed by atoms with Crippen LogP contribution >= 0.6 is 11.3 Å². The number of amides is 2. The monoisotopic (exact) mass is 317 g/mol. The minimum Gasteiger partial charge on any atom is -0.366 e. The Morgan fingerprint density at radius 2 is 1.68 bits per heavy atom. The number of nitrogens with two attached hydrogens (primary N) is 1. The number of carbonyl (C=O) groups is 2. The van der Waals surface area contributed by atoms with Crippen molar-refractivity contribution in [2.75, 3.05) is 0 Å². The van der Waals surface area contributed by atoms with E-state index in [0.717, 1.165) is 15.6 Å². The summed E-state index contributed by atoms with van der Waals surface area (Å²) >= 11 is 1.58. The molecule has 2 aromatic rings. The SMILES string of the molecule is Cc1nc(C(C)(C)NC(=O)c2ccc(C(N)=O)cc2)sc1C. The highest BCUT2D eigenvalue weighted by molar-refractivity contribution is 7.11. The molecule has 0 saturated carbocycles. The molecule has 0 fully saturated rings. The summed E-state index contributed by atoms with van der Waals surface area (Å²) in [7, 11) is 0. The summed E-state index contributed by atoms with van der Waals surface area (Å²) in [5.74, 6) is -0.729. The number of benzene rings is 1. The van der Waals surface area contributed by atoms with Crippen LogP contribution in [0.25, 0.3) is 0 Å². The summed E-state index contributed by atoms with van der Waals surface area (Å²) in [6, 6.07) is 6.26. The van der Waals surface area contributed by atoms with Crippen LogP contribution in [-0.2, 0) is 5.54 Å². The number of thiazole rings is 1. The van der Waals surface area contributed by atoms with Crippen LogP contribution in [-0.4, -0.2) is 16.8 Å². The van der Waals surface area contributed by atoms with Gasteiger partial charge in [0.15, 0.2) is 0 Å². The van der Waals surface area contributed by atoms with Crippen LogP contribution in [0.3, 0.4) is 0 Å². The van der Waals surface area contributed by atoms with Crippen molar-refractivity contribution < 1.29 is 9.59 Å². The van der Waals surface area contributed by atoms with Gasteiger partial charge < -0.3 is 11.1 Å². The van der Waals surface area contributed by atoms with Crippen LogP contribution < -0.4 is 11.1 Å². The predicted molar refractivity (Wildman–Crippen MR) is 87.0 cm³/mol. The van der Waals surface area contributed by atoms with E-state index in [2.05, 4.69) is 10.3 Å². The third-order valence-electron chi connectivity index (χ3n) is 3.42. The first-order valence-corrected chi connectivity index (χ1v) is 7.69. The van der Waals surface area contributed by atoms with Crippen LogP contribution in [0.15, 0.2) is 24.3 Å². The van der Waals surface area contributed by atoms with Crippen molar-refractivity contribution in [2.45, 2.75) is 33.2 Å². The van der Waals surface area contributed by atoms with E-state index in [4.69, 9.17) is 5.73 Å². The van der Waals surface area contributed by atoms with Crippen LogP contribution in [0.5, 0.6) is 0 Å². The van der Waals surface area contributed by atoms with Crippen molar-refractivity contribution in [1.29, 1.82) is 0 Å². The third kappa shape index (κ3) is 3.33. The Kier molecular flexibility index (Phi) is 4.32. The van der Waals surface area contributed by atoms with E-state index in [9.17, 15) is 9.59 Å². The van der Waals surface area contributed by atoms with E-state index in [1.54, 1.807) is 35.6 Å². The average Bonchev–Trinajstić information content (AvgIpc) is 2.79. The molecule has 2 amide bonds. The van der Waals surface area contributed by atoms with Gasteiger partial charge in [-0.3, -0.25) is 9.59 Å². The first-order valence-electron chi connectivity index (χ1n) is 6.87. The number of hydrogen-bond donors (Lipinski definition) is 2. The average molecular weight is 317 g/mol. The number of rotatable bonds is 4. The van der Waals surface area contributed by atoms with Gasteiger partial charge in [0.1, 0.15) is 5.01 Å². The van der Waals surface area contributed by atoms with Crippen molar-refractivity contribution >= 4 is 23.2 Å². The minimum absolute atomic E-state index is 0.216. The zero-order chi connectivity index (χ0) is 16.5. The highest BCUT2D eigenvalue weighted by Gasteiger charge is 2.27. The molecule has 0 atom stereocenters. The fraction of sp³-hybridized carbons (Fsp3) is 0.312. The Bertz CT molecular complexity index is 698. The topological polar surface area (TPSA) is 85.1 Å². The molecule has 6 heteroatoms. The molecule has 0 aliphatic heterocycles. The van der Waals surface area contributed by atoms with Gasteiger partial charge in [0, 0.05) is 16.0 Å². The number of primary amides is 1. The molecule has 0 unspecified atom stereocenters. The maximum atomic E-state index is 12.4. The van der Waals surface area contributed by atoms with Crippen LogP contribution in [0.1, 0.15) is 50.1 Å². The Balaban J connectivity index is 2.18. The van der Waals surface area contributed by atoms with Gasteiger partial charge in [0.25, 0.3) is 5.91 Å². The quantitative estimate of drug-likeness (QED) is 0.908. The van der Waals surface area contributed by atoms with E-state index < -0.39 is 11.4 Å². The Labute approximate surface area is 133 Å². The van der Waals surface area contributed by atoms with Gasteiger partial charge in [-0.05, 0) is 52.0 Å². The second-order valence-electron chi connectivity index (χ2n) is 5.68. The standard InChI is InChI=1S/C16H19N3O2S/c1-9-10(2)22-15(18-9)16(3,4)19-14(21)12-7-5-11(6-8-12)13(17)20/h5-8H,1-4H3,(H2,17,20)(H,19,21). The van der Waals surface area contributed by atoms with Crippen molar-refractivity contribution in [3.8, 4) is 0 Å². The molecule has 3 N–H and O–H groups in total. The van der Waals surface area contributed by atoms with Gasteiger partial charge >= 0.3 is 0 Å². The molecular formula is C16H19N3O2S. The van der Waals surface area contributed by atoms with Gasteiger partial charge in [-0.1, -0.05) is 0 Å². The number of hydrogen-bond acceptors (Lipinski definition) is 4. The minimum atomic E-state index is -0.566. The molecule has 1 aromatic heterocycles. The largest absolute Gasteiger partial charge is 0.366 e. The van der Waals surface area contributed by atoms with Gasteiger partial charge in [-0.2, -0.15) is 0 Å². The number of carbonyl (C=O) groups excluding carboxylic acids is 2. The molecule has 22 heavy (non-hydrogen) atoms. The lowest BCUT2D eigenvalue weighted by Crippen LogP contribution is -2.41. The van der Waals surface area contributed by atoms with Crippen molar-refractivity contribution in [3.63, 3.8) is 0 Å². The zero-order valence-electron chi connectivity index (χ0n) is 13.1. The molecular weight excluding hydrogens is 298 g/mol. The molecule has 2 rings (SSSR count). The first-order chi connectivity index (χ1) is 10.2. The molecule has 0 aliphatic carbocycles. The van der Waals surface area contributed by atoms with Crippen LogP contribution in [0.4, 0.5) is 0 Å². The molecule has 1 aromatic carbocycles. The summed E-state index contributed by atoms with van der Waals surface area (Å²) in [6.45, 7) is 7.80. The summed E-state index contributed by atoms with van der Waals surface area (Å²) in [5, 5.41) is 3.84. The molecule has 116 valence electrons. The summed E-state index contributed by atoms with van der Waals surface area (Å²) in [5.41, 5.74) is 6.45. The number of aryl methyl sites for hydroxylation is 2. The van der Waals surface area contributed by atoms with E-state index in [-0.39, 0.29) is 5.91 Å². The highest BCUT2D eigenvalue weighted by Crippen LogP contribution is 2.27. The van der Waals surface area contributed by atoms with Crippen molar-refractivity contribution in [3.05, 3.63) is 51.0 Å². The molecule has 5 nitrogen and oxygen atoms in total. The maximum Gasteiger partial charge on any atom is 0.252 e. The van der Waals surface area contributed by atoms with E-state index in [0.29, 0.717) is 11.1 Å². The van der Waals surface area contributed by atoms with Crippen LogP contribution in [0, 0.1) is 13.8 Å². The second-order valence-corrected chi connectivity index (χ2v) is 6.88. The molecule has 0 saturated heterocycles. The van der Waals surface area contributed by atoms with E-state index in [1.165, 1.54) is 0 Å².